The molecule has 1 unspecified atom stereocenters. The molecular formula is C9H11NO2. The molecule has 1 atom stereocenters. The summed E-state index contributed by atoms with van der Waals surface area (Å²) in [5, 5.41) is 9.22. The first-order valence-electron chi connectivity index (χ1n) is 3.71. The summed E-state index contributed by atoms with van der Waals surface area (Å²) in [4.78, 5) is 10.3. The standard InChI is InChI=1S/C9H11NO2/c10-5-7-3-1-2-4-8(7)9(12)6-11/h1-4,6,9,12H,5,10H2. The molecule has 0 bridgehead atoms. The van der Waals surface area contributed by atoms with Crippen LogP contribution in [0.25, 0.3) is 0 Å². The molecule has 0 radical (unpaired) electrons. The van der Waals surface area contributed by atoms with E-state index in [1.807, 2.05) is 6.07 Å². The van der Waals surface area contributed by atoms with Crippen LogP contribution in [0.3, 0.4) is 0 Å². The summed E-state index contributed by atoms with van der Waals surface area (Å²) in [6, 6.07) is 7.08. The third-order valence-corrected chi connectivity index (χ3v) is 1.72. The molecule has 0 aromatic heterocycles. The normalized spacial score (nSPS) is 12.5. The second kappa shape index (κ2) is 3.99. The van der Waals surface area contributed by atoms with Crippen LogP contribution in [0.4, 0.5) is 0 Å². The molecule has 3 nitrogen and oxygen atoms in total. The van der Waals surface area contributed by atoms with Crippen LogP contribution >= 0.6 is 0 Å². The van der Waals surface area contributed by atoms with Gasteiger partial charge in [0.25, 0.3) is 0 Å². The third-order valence-electron chi connectivity index (χ3n) is 1.72. The maximum absolute atomic E-state index is 10.3. The minimum Gasteiger partial charge on any atom is -0.381 e. The largest absolute Gasteiger partial charge is 0.381 e. The number of benzene rings is 1. The smallest absolute Gasteiger partial charge is 0.153 e. The average molecular weight is 165 g/mol. The fourth-order valence-electron chi connectivity index (χ4n) is 1.08. The lowest BCUT2D eigenvalue weighted by Gasteiger charge is -2.08. The van der Waals surface area contributed by atoms with Gasteiger partial charge in [0, 0.05) is 6.54 Å². The Hall–Kier alpha value is -1.19. The Morgan fingerprint density at radius 1 is 1.50 bits per heavy atom. The van der Waals surface area contributed by atoms with E-state index in [0.717, 1.165) is 5.56 Å². The molecule has 0 spiro atoms. The summed E-state index contributed by atoms with van der Waals surface area (Å²) in [5.41, 5.74) is 6.81. The van der Waals surface area contributed by atoms with E-state index in [9.17, 15) is 9.90 Å². The first kappa shape index (κ1) is 8.90. The van der Waals surface area contributed by atoms with Crippen molar-refractivity contribution < 1.29 is 9.90 Å². The van der Waals surface area contributed by atoms with Crippen LogP contribution in [0.1, 0.15) is 17.2 Å². The fraction of sp³-hybridized carbons (Fsp3) is 0.222. The summed E-state index contributed by atoms with van der Waals surface area (Å²) in [6.07, 6.45) is -0.557. The number of nitrogens with two attached hydrogens (primary N) is 1. The van der Waals surface area contributed by atoms with Crippen molar-refractivity contribution in [3.8, 4) is 0 Å². The molecule has 1 rings (SSSR count). The van der Waals surface area contributed by atoms with Crippen LogP contribution in [0.2, 0.25) is 0 Å². The summed E-state index contributed by atoms with van der Waals surface area (Å²) < 4.78 is 0. The maximum Gasteiger partial charge on any atom is 0.153 e. The molecule has 0 heterocycles. The third kappa shape index (κ3) is 1.69. The van der Waals surface area contributed by atoms with E-state index in [0.29, 0.717) is 18.4 Å². The lowest BCUT2D eigenvalue weighted by molar-refractivity contribution is -0.115. The number of rotatable bonds is 3. The molecule has 0 fully saturated rings. The average Bonchev–Trinajstić information content (AvgIpc) is 2.16. The number of aldehydes is 1. The summed E-state index contributed by atoms with van der Waals surface area (Å²) >= 11 is 0. The van der Waals surface area contributed by atoms with E-state index in [1.165, 1.54) is 0 Å². The monoisotopic (exact) mass is 165 g/mol. The van der Waals surface area contributed by atoms with E-state index >= 15 is 0 Å². The van der Waals surface area contributed by atoms with Crippen molar-refractivity contribution >= 4 is 6.29 Å². The van der Waals surface area contributed by atoms with Gasteiger partial charge < -0.3 is 15.6 Å². The van der Waals surface area contributed by atoms with E-state index < -0.39 is 6.10 Å². The zero-order valence-corrected chi connectivity index (χ0v) is 6.60. The van der Waals surface area contributed by atoms with Crippen LogP contribution < -0.4 is 5.73 Å². The Morgan fingerprint density at radius 2 is 2.17 bits per heavy atom. The zero-order valence-electron chi connectivity index (χ0n) is 6.60. The van der Waals surface area contributed by atoms with Crippen molar-refractivity contribution in [3.63, 3.8) is 0 Å². The second-order valence-corrected chi connectivity index (χ2v) is 2.48. The number of aliphatic hydroxyl groups excluding tert-OH is 1. The Morgan fingerprint density at radius 3 is 2.75 bits per heavy atom. The molecule has 0 saturated carbocycles. The van der Waals surface area contributed by atoms with Gasteiger partial charge in [-0.1, -0.05) is 24.3 Å². The number of carbonyl (C=O) groups excluding carboxylic acids is 1. The Balaban J connectivity index is 3.04. The lowest BCUT2D eigenvalue weighted by atomic mass is 10.0. The highest BCUT2D eigenvalue weighted by atomic mass is 16.3. The first-order chi connectivity index (χ1) is 5.79. The van der Waals surface area contributed by atoms with Gasteiger partial charge in [0.1, 0.15) is 6.10 Å². The Labute approximate surface area is 70.8 Å². The lowest BCUT2D eigenvalue weighted by Crippen LogP contribution is -2.06. The topological polar surface area (TPSA) is 63.3 Å². The van der Waals surface area contributed by atoms with Crippen molar-refractivity contribution in [2.75, 3.05) is 0 Å². The van der Waals surface area contributed by atoms with E-state index in [-0.39, 0.29) is 0 Å². The van der Waals surface area contributed by atoms with Gasteiger partial charge >= 0.3 is 0 Å². The summed E-state index contributed by atoms with van der Waals surface area (Å²) in [6.45, 7) is 0.334. The van der Waals surface area contributed by atoms with Crippen LogP contribution in [-0.4, -0.2) is 11.4 Å². The van der Waals surface area contributed by atoms with Gasteiger partial charge in [-0.2, -0.15) is 0 Å². The number of hydrogen-bond donors (Lipinski definition) is 2. The fourth-order valence-corrected chi connectivity index (χ4v) is 1.08. The number of aliphatic hydroxyl groups is 1. The van der Waals surface area contributed by atoms with Crippen LogP contribution in [-0.2, 0) is 11.3 Å². The number of hydrogen-bond acceptors (Lipinski definition) is 3. The SMILES string of the molecule is NCc1ccccc1C(O)C=O. The van der Waals surface area contributed by atoms with Gasteiger partial charge in [-0.15, -0.1) is 0 Å². The van der Waals surface area contributed by atoms with Crippen LogP contribution in [0.5, 0.6) is 0 Å². The highest BCUT2D eigenvalue weighted by Gasteiger charge is 2.08. The van der Waals surface area contributed by atoms with E-state index in [4.69, 9.17) is 5.73 Å². The molecule has 0 amide bonds. The van der Waals surface area contributed by atoms with Crippen LogP contribution in [0.15, 0.2) is 24.3 Å². The molecular weight excluding hydrogens is 154 g/mol. The Bertz CT molecular complexity index is 273. The first-order valence-corrected chi connectivity index (χ1v) is 3.71. The van der Waals surface area contributed by atoms with Crippen molar-refractivity contribution in [1.82, 2.24) is 0 Å². The molecule has 0 aliphatic rings. The number of carbonyl (C=O) groups is 1. The molecule has 1 aromatic rings. The Kier molecular flexibility index (Phi) is 2.96. The molecule has 12 heavy (non-hydrogen) atoms. The minimum absolute atomic E-state index is 0.334. The predicted molar refractivity (Wildman–Crippen MR) is 45.4 cm³/mol. The van der Waals surface area contributed by atoms with Gasteiger partial charge in [0.05, 0.1) is 0 Å². The van der Waals surface area contributed by atoms with Gasteiger partial charge in [-0.25, -0.2) is 0 Å². The zero-order chi connectivity index (χ0) is 8.97. The summed E-state index contributed by atoms with van der Waals surface area (Å²) in [5.74, 6) is 0. The van der Waals surface area contributed by atoms with Gasteiger partial charge in [-0.05, 0) is 11.1 Å². The van der Waals surface area contributed by atoms with Gasteiger partial charge in [0.15, 0.2) is 6.29 Å². The maximum atomic E-state index is 10.3. The molecule has 0 aliphatic carbocycles. The highest BCUT2D eigenvalue weighted by Crippen LogP contribution is 2.15. The van der Waals surface area contributed by atoms with E-state index in [2.05, 4.69) is 0 Å². The molecule has 0 saturated heterocycles. The van der Waals surface area contributed by atoms with Gasteiger partial charge in [-0.3, -0.25) is 0 Å². The van der Waals surface area contributed by atoms with Crippen molar-refractivity contribution in [1.29, 1.82) is 0 Å². The molecule has 1 aromatic carbocycles. The molecule has 3 N–H and O–H groups in total. The molecule has 64 valence electrons. The van der Waals surface area contributed by atoms with Crippen molar-refractivity contribution in [2.45, 2.75) is 12.6 Å². The minimum atomic E-state index is -1.05. The predicted octanol–water partition coefficient (Wildman–Crippen LogP) is 0.378. The van der Waals surface area contributed by atoms with Crippen molar-refractivity contribution in [3.05, 3.63) is 35.4 Å². The van der Waals surface area contributed by atoms with E-state index in [1.54, 1.807) is 18.2 Å². The second-order valence-electron chi connectivity index (χ2n) is 2.48. The van der Waals surface area contributed by atoms with Gasteiger partial charge in [0.2, 0.25) is 0 Å². The quantitative estimate of drug-likeness (QED) is 0.636. The molecule has 3 heteroatoms. The molecule has 0 aliphatic heterocycles. The van der Waals surface area contributed by atoms with Crippen LogP contribution in [0, 0.1) is 0 Å². The highest BCUT2D eigenvalue weighted by molar-refractivity contribution is 5.60. The summed E-state index contributed by atoms with van der Waals surface area (Å²) in [7, 11) is 0. The van der Waals surface area contributed by atoms with Crippen molar-refractivity contribution in [2.24, 2.45) is 5.73 Å².